The van der Waals surface area contributed by atoms with Crippen LogP contribution in [0, 0.1) is 5.82 Å². The number of rotatable bonds is 4. The van der Waals surface area contributed by atoms with Crippen molar-refractivity contribution in [3.05, 3.63) is 59.4 Å². The molecule has 0 bridgehead atoms. The van der Waals surface area contributed by atoms with Crippen LogP contribution in [0.1, 0.15) is 29.8 Å². The van der Waals surface area contributed by atoms with Crippen LogP contribution < -0.4 is 10.2 Å². The van der Waals surface area contributed by atoms with E-state index in [0.29, 0.717) is 42.5 Å². The maximum Gasteiger partial charge on any atom is 0.173 e. The summed E-state index contributed by atoms with van der Waals surface area (Å²) in [5, 5.41) is 3.96. The van der Waals surface area contributed by atoms with Gasteiger partial charge in [0, 0.05) is 37.4 Å². The molecule has 1 fully saturated rings. The highest BCUT2D eigenvalue weighted by molar-refractivity contribution is 7.80. The number of anilines is 2. The van der Waals surface area contributed by atoms with Gasteiger partial charge in [-0.2, -0.15) is 0 Å². The number of benzene rings is 2. The molecule has 1 N–H and O–H groups in total. The highest BCUT2D eigenvalue weighted by atomic mass is 32.1. The van der Waals surface area contributed by atoms with E-state index in [9.17, 15) is 9.18 Å². The van der Waals surface area contributed by atoms with E-state index in [1.54, 1.807) is 12.1 Å². The van der Waals surface area contributed by atoms with Gasteiger partial charge in [0.15, 0.2) is 10.9 Å². The van der Waals surface area contributed by atoms with Crippen molar-refractivity contribution in [2.75, 3.05) is 36.4 Å². The Morgan fingerprint density at radius 3 is 2.33 bits per heavy atom. The number of Topliss-reactive ketones (excluding diaryl/α,β-unsaturated/α-hetero) is 1. The predicted octanol–water partition coefficient (Wildman–Crippen LogP) is 4.11. The van der Waals surface area contributed by atoms with Crippen molar-refractivity contribution in [3.8, 4) is 0 Å². The van der Waals surface area contributed by atoms with Crippen molar-refractivity contribution < 1.29 is 9.18 Å². The average molecular weight is 386 g/mol. The van der Waals surface area contributed by atoms with E-state index in [1.165, 1.54) is 18.6 Å². The van der Waals surface area contributed by atoms with Crippen molar-refractivity contribution in [1.82, 2.24) is 4.90 Å². The third kappa shape index (κ3) is 4.63. The molecule has 3 rings (SSSR count). The summed E-state index contributed by atoms with van der Waals surface area (Å²) in [6.07, 6.45) is 1.01. The number of nitrogens with zero attached hydrogens (tertiary/aromatic N) is 2. The van der Waals surface area contributed by atoms with Crippen LogP contribution in [0.25, 0.3) is 0 Å². The van der Waals surface area contributed by atoms with Gasteiger partial charge >= 0.3 is 0 Å². The number of thiocarbonyl (C=S) groups is 1. The number of piperazine rings is 1. The zero-order valence-electron chi connectivity index (χ0n) is 15.7. The van der Waals surface area contributed by atoms with Crippen LogP contribution in [0.15, 0.2) is 42.5 Å². The maximum absolute atomic E-state index is 14.4. The minimum atomic E-state index is -0.354. The molecule has 0 unspecified atom stereocenters. The Kier molecular flexibility index (Phi) is 6.06. The van der Waals surface area contributed by atoms with E-state index in [2.05, 4.69) is 29.3 Å². The van der Waals surface area contributed by atoms with Gasteiger partial charge in [-0.3, -0.25) is 4.79 Å². The lowest BCUT2D eigenvalue weighted by Gasteiger charge is -2.37. The molecule has 1 aliphatic heterocycles. The minimum absolute atomic E-state index is 0.131. The molecule has 2 aromatic carbocycles. The summed E-state index contributed by atoms with van der Waals surface area (Å²) in [7, 11) is 0. The lowest BCUT2D eigenvalue weighted by molar-refractivity contribution is 0.101. The summed E-state index contributed by atoms with van der Waals surface area (Å²) in [5.41, 5.74) is 3.20. The van der Waals surface area contributed by atoms with Gasteiger partial charge < -0.3 is 15.1 Å². The van der Waals surface area contributed by atoms with Crippen molar-refractivity contribution in [3.63, 3.8) is 0 Å². The number of carbonyl (C=O) groups excluding carboxylic acids is 1. The third-order valence-corrected chi connectivity index (χ3v) is 5.24. The van der Waals surface area contributed by atoms with E-state index in [-0.39, 0.29) is 11.6 Å². The molecule has 1 aliphatic rings. The first-order valence-electron chi connectivity index (χ1n) is 9.18. The summed E-state index contributed by atoms with van der Waals surface area (Å²) in [6, 6.07) is 12.9. The van der Waals surface area contributed by atoms with Crippen LogP contribution in [-0.4, -0.2) is 42.0 Å². The molecule has 0 amide bonds. The monoisotopic (exact) mass is 385 g/mol. The standard InChI is InChI=1S/C21H24FN3OS/c1-3-16-4-7-18(8-5-16)23-21(27)25-12-10-24(11-13-25)20-9-6-17(15(2)26)14-19(20)22/h4-9,14H,3,10-13H2,1-2H3,(H,23,27). The van der Waals surface area contributed by atoms with Crippen LogP contribution in [-0.2, 0) is 6.42 Å². The second kappa shape index (κ2) is 8.48. The molecule has 1 heterocycles. The first-order chi connectivity index (χ1) is 13.0. The van der Waals surface area contributed by atoms with E-state index < -0.39 is 0 Å². The molecule has 0 saturated carbocycles. The number of nitrogens with one attached hydrogen (secondary N) is 1. The first-order valence-corrected chi connectivity index (χ1v) is 9.59. The normalized spacial score (nSPS) is 14.2. The lowest BCUT2D eigenvalue weighted by Crippen LogP contribution is -2.50. The smallest absolute Gasteiger partial charge is 0.173 e. The SMILES string of the molecule is CCc1ccc(NC(=S)N2CCN(c3ccc(C(C)=O)cc3F)CC2)cc1. The van der Waals surface area contributed by atoms with E-state index >= 15 is 0 Å². The number of halogens is 1. The maximum atomic E-state index is 14.4. The fraction of sp³-hybridized carbons (Fsp3) is 0.333. The van der Waals surface area contributed by atoms with Crippen molar-refractivity contribution in [2.24, 2.45) is 0 Å². The second-order valence-corrected chi connectivity index (χ2v) is 7.06. The van der Waals surface area contributed by atoms with Crippen molar-refractivity contribution in [1.29, 1.82) is 0 Å². The molecule has 4 nitrogen and oxygen atoms in total. The Bertz CT molecular complexity index is 830. The number of hydrogen-bond donors (Lipinski definition) is 1. The van der Waals surface area contributed by atoms with Gasteiger partial charge in [-0.1, -0.05) is 19.1 Å². The molecule has 2 aromatic rings. The quantitative estimate of drug-likeness (QED) is 0.633. The zero-order valence-corrected chi connectivity index (χ0v) is 16.5. The van der Waals surface area contributed by atoms with E-state index in [4.69, 9.17) is 12.2 Å². The summed E-state index contributed by atoms with van der Waals surface area (Å²) in [5.74, 6) is -0.485. The fourth-order valence-electron chi connectivity index (χ4n) is 3.16. The number of hydrogen-bond acceptors (Lipinski definition) is 3. The third-order valence-electron chi connectivity index (χ3n) is 4.88. The second-order valence-electron chi connectivity index (χ2n) is 6.68. The van der Waals surface area contributed by atoms with Gasteiger partial charge in [0.25, 0.3) is 0 Å². The van der Waals surface area contributed by atoms with E-state index in [1.807, 2.05) is 17.0 Å². The molecule has 0 atom stereocenters. The van der Waals surface area contributed by atoms with Crippen LogP contribution in [0.2, 0.25) is 0 Å². The van der Waals surface area contributed by atoms with Gasteiger partial charge in [0.2, 0.25) is 0 Å². The van der Waals surface area contributed by atoms with Crippen molar-refractivity contribution >= 4 is 34.5 Å². The first kappa shape index (κ1) is 19.3. The molecule has 27 heavy (non-hydrogen) atoms. The molecule has 6 heteroatoms. The largest absolute Gasteiger partial charge is 0.366 e. The van der Waals surface area contributed by atoms with E-state index in [0.717, 1.165) is 12.1 Å². The van der Waals surface area contributed by atoms with Gasteiger partial charge in [-0.25, -0.2) is 4.39 Å². The Labute approximate surface area is 165 Å². The number of carbonyl (C=O) groups is 1. The molecule has 0 spiro atoms. The highest BCUT2D eigenvalue weighted by Crippen LogP contribution is 2.22. The van der Waals surface area contributed by atoms with Crippen LogP contribution >= 0.6 is 12.2 Å². The van der Waals surface area contributed by atoms with Gasteiger partial charge in [-0.05, 0) is 61.5 Å². The van der Waals surface area contributed by atoms with Crippen LogP contribution in [0.4, 0.5) is 15.8 Å². The molecule has 0 radical (unpaired) electrons. The van der Waals surface area contributed by atoms with Gasteiger partial charge in [-0.15, -0.1) is 0 Å². The van der Waals surface area contributed by atoms with Crippen LogP contribution in [0.3, 0.4) is 0 Å². The lowest BCUT2D eigenvalue weighted by atomic mass is 10.1. The molecule has 142 valence electrons. The molecular formula is C21H24FN3OS. The summed E-state index contributed by atoms with van der Waals surface area (Å²) in [4.78, 5) is 15.5. The average Bonchev–Trinajstić information content (AvgIpc) is 2.68. The Morgan fingerprint density at radius 1 is 1.11 bits per heavy atom. The Morgan fingerprint density at radius 2 is 1.78 bits per heavy atom. The molecule has 1 saturated heterocycles. The van der Waals surface area contributed by atoms with Crippen molar-refractivity contribution in [2.45, 2.75) is 20.3 Å². The predicted molar refractivity (Wildman–Crippen MR) is 112 cm³/mol. The summed E-state index contributed by atoms with van der Waals surface area (Å²) in [6.45, 7) is 6.35. The number of ketones is 1. The summed E-state index contributed by atoms with van der Waals surface area (Å²) >= 11 is 5.53. The molecular weight excluding hydrogens is 361 g/mol. The van der Waals surface area contributed by atoms with Gasteiger partial charge in [0.05, 0.1) is 5.69 Å². The fourth-order valence-corrected chi connectivity index (χ4v) is 3.46. The Balaban J connectivity index is 1.58. The summed E-state index contributed by atoms with van der Waals surface area (Å²) < 4.78 is 14.4. The topological polar surface area (TPSA) is 35.6 Å². The highest BCUT2D eigenvalue weighted by Gasteiger charge is 2.21. The van der Waals surface area contributed by atoms with Gasteiger partial charge in [0.1, 0.15) is 5.82 Å². The zero-order chi connectivity index (χ0) is 19.4. The number of aryl methyl sites for hydroxylation is 1. The van der Waals surface area contributed by atoms with Crippen LogP contribution in [0.5, 0.6) is 0 Å². The minimum Gasteiger partial charge on any atom is -0.366 e. The Hall–Kier alpha value is -2.47. The molecule has 0 aliphatic carbocycles. The molecule has 0 aromatic heterocycles.